The van der Waals surface area contributed by atoms with Crippen LogP contribution in [0, 0.1) is 6.92 Å². The fraction of sp³-hybridized carbons (Fsp3) is 0.333. The predicted octanol–water partition coefficient (Wildman–Crippen LogP) is 3.85. The second-order valence-electron chi connectivity index (χ2n) is 6.19. The van der Waals surface area contributed by atoms with Gasteiger partial charge in [-0.2, -0.15) is 0 Å². The normalized spacial score (nSPS) is 11.5. The lowest BCUT2D eigenvalue weighted by Crippen LogP contribution is -2.27. The SMILES string of the molecule is COc1ccc(OC)c(C(C)NC(=O)CCC(=O)c2ccc(C)cc2)c1. The van der Waals surface area contributed by atoms with Crippen LogP contribution in [0.25, 0.3) is 0 Å². The molecule has 5 heteroatoms. The van der Waals surface area contributed by atoms with Crippen molar-refractivity contribution < 1.29 is 19.1 Å². The number of hydrogen-bond acceptors (Lipinski definition) is 4. The molecule has 2 aromatic rings. The van der Waals surface area contributed by atoms with Crippen molar-refractivity contribution in [3.05, 3.63) is 59.2 Å². The Bertz CT molecular complexity index is 768. The van der Waals surface area contributed by atoms with Crippen molar-refractivity contribution in [1.29, 1.82) is 0 Å². The summed E-state index contributed by atoms with van der Waals surface area (Å²) in [6.45, 7) is 3.84. The van der Waals surface area contributed by atoms with Crippen LogP contribution in [-0.2, 0) is 4.79 Å². The zero-order valence-electron chi connectivity index (χ0n) is 15.7. The molecule has 0 aliphatic rings. The molecule has 5 nitrogen and oxygen atoms in total. The molecule has 1 atom stereocenters. The van der Waals surface area contributed by atoms with Gasteiger partial charge < -0.3 is 14.8 Å². The number of ether oxygens (including phenoxy) is 2. The first-order chi connectivity index (χ1) is 12.4. The fourth-order valence-electron chi connectivity index (χ4n) is 2.68. The first-order valence-corrected chi connectivity index (χ1v) is 8.55. The Balaban J connectivity index is 1.95. The molecule has 1 unspecified atom stereocenters. The van der Waals surface area contributed by atoms with E-state index in [9.17, 15) is 9.59 Å². The Morgan fingerprint density at radius 3 is 2.31 bits per heavy atom. The van der Waals surface area contributed by atoms with Crippen molar-refractivity contribution in [3.8, 4) is 11.5 Å². The van der Waals surface area contributed by atoms with E-state index < -0.39 is 0 Å². The van der Waals surface area contributed by atoms with E-state index >= 15 is 0 Å². The van der Waals surface area contributed by atoms with Gasteiger partial charge in [-0.25, -0.2) is 0 Å². The number of ketones is 1. The molecule has 2 aromatic carbocycles. The largest absolute Gasteiger partial charge is 0.497 e. The molecular formula is C21H25NO4. The summed E-state index contributed by atoms with van der Waals surface area (Å²) in [4.78, 5) is 24.4. The van der Waals surface area contributed by atoms with Crippen molar-refractivity contribution in [2.24, 2.45) is 0 Å². The number of aryl methyl sites for hydroxylation is 1. The lowest BCUT2D eigenvalue weighted by atomic mass is 10.0. The van der Waals surface area contributed by atoms with Gasteiger partial charge in [-0.3, -0.25) is 9.59 Å². The third-order valence-corrected chi connectivity index (χ3v) is 4.23. The maximum absolute atomic E-state index is 12.2. The number of rotatable bonds is 8. The predicted molar refractivity (Wildman–Crippen MR) is 101 cm³/mol. The Morgan fingerprint density at radius 1 is 1.00 bits per heavy atom. The van der Waals surface area contributed by atoms with Crippen LogP contribution in [0.3, 0.4) is 0 Å². The van der Waals surface area contributed by atoms with E-state index in [1.807, 2.05) is 32.0 Å². The quantitative estimate of drug-likeness (QED) is 0.731. The molecule has 0 aromatic heterocycles. The van der Waals surface area contributed by atoms with Gasteiger partial charge in [0.05, 0.1) is 20.3 Å². The standard InChI is InChI=1S/C21H25NO4/c1-14-5-7-16(8-6-14)19(23)10-12-21(24)22-15(2)18-13-17(25-3)9-11-20(18)26-4/h5-9,11,13,15H,10,12H2,1-4H3,(H,22,24). The highest BCUT2D eigenvalue weighted by atomic mass is 16.5. The summed E-state index contributed by atoms with van der Waals surface area (Å²) >= 11 is 0. The number of methoxy groups -OCH3 is 2. The number of amides is 1. The third-order valence-electron chi connectivity index (χ3n) is 4.23. The monoisotopic (exact) mass is 355 g/mol. The van der Waals surface area contributed by atoms with Crippen molar-refractivity contribution in [3.63, 3.8) is 0 Å². The van der Waals surface area contributed by atoms with E-state index in [1.54, 1.807) is 38.5 Å². The van der Waals surface area contributed by atoms with Crippen LogP contribution in [0.4, 0.5) is 0 Å². The molecule has 0 aliphatic heterocycles. The Kier molecular flexibility index (Phi) is 6.78. The summed E-state index contributed by atoms with van der Waals surface area (Å²) in [5.41, 5.74) is 2.55. The van der Waals surface area contributed by atoms with Gasteiger partial charge in [-0.05, 0) is 32.0 Å². The Labute approximate surface area is 154 Å². The van der Waals surface area contributed by atoms with Gasteiger partial charge in [0.1, 0.15) is 11.5 Å². The molecule has 26 heavy (non-hydrogen) atoms. The highest BCUT2D eigenvalue weighted by molar-refractivity contribution is 5.98. The first kappa shape index (κ1) is 19.5. The van der Waals surface area contributed by atoms with Crippen molar-refractivity contribution in [1.82, 2.24) is 5.32 Å². The second kappa shape index (κ2) is 9.04. The molecule has 0 heterocycles. The zero-order chi connectivity index (χ0) is 19.1. The average molecular weight is 355 g/mol. The van der Waals surface area contributed by atoms with Gasteiger partial charge in [0.25, 0.3) is 0 Å². The maximum Gasteiger partial charge on any atom is 0.220 e. The lowest BCUT2D eigenvalue weighted by molar-refractivity contribution is -0.121. The van der Waals surface area contributed by atoms with Crippen LogP contribution in [0.1, 0.15) is 47.3 Å². The number of carbonyl (C=O) groups is 2. The smallest absolute Gasteiger partial charge is 0.220 e. The van der Waals surface area contributed by atoms with Crippen molar-refractivity contribution in [2.75, 3.05) is 14.2 Å². The van der Waals surface area contributed by atoms with Crippen LogP contribution in [0.2, 0.25) is 0 Å². The molecule has 2 rings (SSSR count). The van der Waals surface area contributed by atoms with Crippen molar-refractivity contribution >= 4 is 11.7 Å². The average Bonchev–Trinajstić information content (AvgIpc) is 2.66. The van der Waals surface area contributed by atoms with E-state index in [2.05, 4.69) is 5.32 Å². The summed E-state index contributed by atoms with van der Waals surface area (Å²) in [5.74, 6) is 1.15. The van der Waals surface area contributed by atoms with Gasteiger partial charge in [-0.1, -0.05) is 29.8 Å². The molecule has 0 bridgehead atoms. The number of benzene rings is 2. The Morgan fingerprint density at radius 2 is 1.69 bits per heavy atom. The van der Waals surface area contributed by atoms with E-state index in [4.69, 9.17) is 9.47 Å². The van der Waals surface area contributed by atoms with Crippen LogP contribution in [-0.4, -0.2) is 25.9 Å². The summed E-state index contributed by atoms with van der Waals surface area (Å²) < 4.78 is 10.6. The maximum atomic E-state index is 12.2. The number of Topliss-reactive ketones (excluding diaryl/α,β-unsaturated/α-hetero) is 1. The first-order valence-electron chi connectivity index (χ1n) is 8.55. The fourth-order valence-corrected chi connectivity index (χ4v) is 2.68. The molecular weight excluding hydrogens is 330 g/mol. The van der Waals surface area contributed by atoms with Gasteiger partial charge in [-0.15, -0.1) is 0 Å². The van der Waals surface area contributed by atoms with E-state index in [0.29, 0.717) is 17.1 Å². The summed E-state index contributed by atoms with van der Waals surface area (Å²) in [5, 5.41) is 2.91. The number of hydrogen-bond donors (Lipinski definition) is 1. The molecule has 138 valence electrons. The van der Waals surface area contributed by atoms with Crippen LogP contribution in [0.15, 0.2) is 42.5 Å². The zero-order valence-corrected chi connectivity index (χ0v) is 15.7. The lowest BCUT2D eigenvalue weighted by Gasteiger charge is -2.18. The molecule has 0 saturated heterocycles. The van der Waals surface area contributed by atoms with Crippen LogP contribution >= 0.6 is 0 Å². The third kappa shape index (κ3) is 5.09. The second-order valence-corrected chi connectivity index (χ2v) is 6.19. The molecule has 1 amide bonds. The Hall–Kier alpha value is -2.82. The van der Waals surface area contributed by atoms with Gasteiger partial charge in [0.2, 0.25) is 5.91 Å². The highest BCUT2D eigenvalue weighted by Gasteiger charge is 2.16. The summed E-state index contributed by atoms with van der Waals surface area (Å²) in [6, 6.07) is 12.5. The molecule has 0 aliphatic carbocycles. The molecule has 0 radical (unpaired) electrons. The van der Waals surface area contributed by atoms with E-state index in [-0.39, 0.29) is 30.6 Å². The van der Waals surface area contributed by atoms with Gasteiger partial charge in [0.15, 0.2) is 5.78 Å². The van der Waals surface area contributed by atoms with Crippen molar-refractivity contribution in [2.45, 2.75) is 32.7 Å². The van der Waals surface area contributed by atoms with Crippen LogP contribution in [0.5, 0.6) is 11.5 Å². The van der Waals surface area contributed by atoms with Gasteiger partial charge >= 0.3 is 0 Å². The van der Waals surface area contributed by atoms with Crippen LogP contribution < -0.4 is 14.8 Å². The minimum atomic E-state index is -0.262. The summed E-state index contributed by atoms with van der Waals surface area (Å²) in [6.07, 6.45) is 0.320. The minimum absolute atomic E-state index is 0.0354. The van der Waals surface area contributed by atoms with E-state index in [0.717, 1.165) is 11.1 Å². The summed E-state index contributed by atoms with van der Waals surface area (Å²) in [7, 11) is 3.17. The van der Waals surface area contributed by atoms with E-state index in [1.165, 1.54) is 0 Å². The molecule has 0 fully saturated rings. The minimum Gasteiger partial charge on any atom is -0.497 e. The number of carbonyl (C=O) groups excluding carboxylic acids is 2. The number of nitrogens with one attached hydrogen (secondary N) is 1. The molecule has 0 spiro atoms. The molecule has 0 saturated carbocycles. The van der Waals surface area contributed by atoms with Gasteiger partial charge in [0, 0.05) is 24.0 Å². The topological polar surface area (TPSA) is 64.6 Å². The molecule has 1 N–H and O–H groups in total. The highest BCUT2D eigenvalue weighted by Crippen LogP contribution is 2.29.